The standard InChI is InChI=1S/C8H9ClN2/c1-3-6-7(9)4-5-11-8(6)10-2/h3-5H,1H2,2H3,(H,10,11). The van der Waals surface area contributed by atoms with Crippen LogP contribution in [0.3, 0.4) is 0 Å². The normalized spacial score (nSPS) is 9.27. The van der Waals surface area contributed by atoms with E-state index in [2.05, 4.69) is 16.9 Å². The molecule has 3 heteroatoms. The van der Waals surface area contributed by atoms with E-state index in [0.29, 0.717) is 5.02 Å². The zero-order valence-electron chi connectivity index (χ0n) is 6.26. The van der Waals surface area contributed by atoms with Crippen molar-refractivity contribution in [2.75, 3.05) is 12.4 Å². The minimum Gasteiger partial charge on any atom is -0.373 e. The van der Waals surface area contributed by atoms with Crippen LogP contribution in [0.1, 0.15) is 5.56 Å². The minimum absolute atomic E-state index is 0.666. The monoisotopic (exact) mass is 168 g/mol. The summed E-state index contributed by atoms with van der Waals surface area (Å²) in [5.74, 6) is 0.757. The van der Waals surface area contributed by atoms with E-state index in [9.17, 15) is 0 Å². The molecule has 11 heavy (non-hydrogen) atoms. The zero-order chi connectivity index (χ0) is 8.27. The fourth-order valence-electron chi connectivity index (χ4n) is 0.843. The lowest BCUT2D eigenvalue weighted by Crippen LogP contribution is -1.94. The van der Waals surface area contributed by atoms with Gasteiger partial charge in [0.1, 0.15) is 5.82 Å². The number of hydrogen-bond acceptors (Lipinski definition) is 2. The second-order valence-electron chi connectivity index (χ2n) is 2.01. The van der Waals surface area contributed by atoms with Crippen LogP contribution in [-0.2, 0) is 0 Å². The molecular weight excluding hydrogens is 160 g/mol. The average Bonchev–Trinajstić information content (AvgIpc) is 2.04. The highest BCUT2D eigenvalue weighted by Crippen LogP contribution is 2.22. The molecule has 1 heterocycles. The highest BCUT2D eigenvalue weighted by molar-refractivity contribution is 6.32. The molecule has 0 atom stereocenters. The van der Waals surface area contributed by atoms with Crippen LogP contribution < -0.4 is 5.32 Å². The molecule has 0 aliphatic rings. The Morgan fingerprint density at radius 2 is 2.45 bits per heavy atom. The molecule has 0 spiro atoms. The van der Waals surface area contributed by atoms with Gasteiger partial charge < -0.3 is 5.32 Å². The summed E-state index contributed by atoms with van der Waals surface area (Å²) in [6, 6.07) is 1.74. The summed E-state index contributed by atoms with van der Waals surface area (Å²) in [4.78, 5) is 4.06. The molecule has 1 aromatic heterocycles. The molecule has 0 amide bonds. The second kappa shape index (κ2) is 3.39. The van der Waals surface area contributed by atoms with Gasteiger partial charge >= 0.3 is 0 Å². The van der Waals surface area contributed by atoms with Gasteiger partial charge in [-0.3, -0.25) is 0 Å². The lowest BCUT2D eigenvalue weighted by Gasteiger charge is -2.04. The minimum atomic E-state index is 0.666. The SMILES string of the molecule is C=Cc1c(Cl)ccnc1NC. The van der Waals surface area contributed by atoms with Crippen LogP contribution in [0, 0.1) is 0 Å². The summed E-state index contributed by atoms with van der Waals surface area (Å²) in [6.45, 7) is 3.64. The van der Waals surface area contributed by atoms with Gasteiger partial charge in [-0.25, -0.2) is 4.98 Å². The van der Waals surface area contributed by atoms with E-state index in [0.717, 1.165) is 11.4 Å². The number of hydrogen-bond donors (Lipinski definition) is 1. The molecule has 0 radical (unpaired) electrons. The number of nitrogens with one attached hydrogen (secondary N) is 1. The Hall–Kier alpha value is -1.02. The van der Waals surface area contributed by atoms with Gasteiger partial charge in [0.15, 0.2) is 0 Å². The van der Waals surface area contributed by atoms with Crippen LogP contribution in [0.15, 0.2) is 18.8 Å². The molecule has 1 rings (SSSR count). The molecule has 0 bridgehead atoms. The number of aromatic nitrogens is 1. The summed E-state index contributed by atoms with van der Waals surface area (Å²) in [7, 11) is 1.80. The van der Waals surface area contributed by atoms with Crippen molar-refractivity contribution in [1.82, 2.24) is 4.98 Å². The number of pyridine rings is 1. The molecule has 0 aliphatic carbocycles. The van der Waals surface area contributed by atoms with Gasteiger partial charge in [0.2, 0.25) is 0 Å². The molecule has 0 saturated carbocycles. The Morgan fingerprint density at radius 1 is 1.73 bits per heavy atom. The van der Waals surface area contributed by atoms with E-state index < -0.39 is 0 Å². The average molecular weight is 169 g/mol. The Morgan fingerprint density at radius 3 is 2.91 bits per heavy atom. The van der Waals surface area contributed by atoms with Crippen LogP contribution in [0.4, 0.5) is 5.82 Å². The number of anilines is 1. The van der Waals surface area contributed by atoms with E-state index in [-0.39, 0.29) is 0 Å². The topological polar surface area (TPSA) is 24.9 Å². The Labute approximate surface area is 70.9 Å². The molecule has 0 unspecified atom stereocenters. The Bertz CT molecular complexity index is 271. The van der Waals surface area contributed by atoms with Gasteiger partial charge in [0.05, 0.1) is 5.02 Å². The van der Waals surface area contributed by atoms with Crippen molar-refractivity contribution in [2.45, 2.75) is 0 Å². The summed E-state index contributed by atoms with van der Waals surface area (Å²) in [5.41, 5.74) is 0.844. The first kappa shape index (κ1) is 8.08. The molecule has 0 aliphatic heterocycles. The molecule has 1 N–H and O–H groups in total. The lowest BCUT2D eigenvalue weighted by molar-refractivity contribution is 1.28. The first-order valence-electron chi connectivity index (χ1n) is 3.24. The van der Waals surface area contributed by atoms with Crippen molar-refractivity contribution in [1.29, 1.82) is 0 Å². The Kier molecular flexibility index (Phi) is 2.49. The van der Waals surface area contributed by atoms with Gasteiger partial charge in [-0.1, -0.05) is 24.3 Å². The lowest BCUT2D eigenvalue weighted by atomic mass is 10.2. The molecule has 0 saturated heterocycles. The predicted octanol–water partition coefficient (Wildman–Crippen LogP) is 2.42. The summed E-state index contributed by atoms with van der Waals surface area (Å²) < 4.78 is 0. The van der Waals surface area contributed by atoms with Gasteiger partial charge in [-0.15, -0.1) is 0 Å². The molecular formula is C8H9ClN2. The van der Waals surface area contributed by atoms with E-state index in [1.54, 1.807) is 25.4 Å². The highest BCUT2D eigenvalue weighted by Gasteiger charge is 2.01. The van der Waals surface area contributed by atoms with Crippen molar-refractivity contribution in [3.8, 4) is 0 Å². The van der Waals surface area contributed by atoms with Crippen molar-refractivity contribution >= 4 is 23.5 Å². The third kappa shape index (κ3) is 1.52. The summed E-state index contributed by atoms with van der Waals surface area (Å²) >= 11 is 5.86. The zero-order valence-corrected chi connectivity index (χ0v) is 7.02. The number of halogens is 1. The summed E-state index contributed by atoms with van der Waals surface area (Å²) in [5, 5.41) is 3.59. The second-order valence-corrected chi connectivity index (χ2v) is 2.42. The maximum absolute atomic E-state index is 5.86. The first-order valence-corrected chi connectivity index (χ1v) is 3.62. The van der Waals surface area contributed by atoms with Crippen molar-refractivity contribution in [3.05, 3.63) is 29.4 Å². The van der Waals surface area contributed by atoms with Gasteiger partial charge in [-0.05, 0) is 6.07 Å². The van der Waals surface area contributed by atoms with E-state index in [1.165, 1.54) is 0 Å². The van der Waals surface area contributed by atoms with Gasteiger partial charge in [0.25, 0.3) is 0 Å². The molecule has 58 valence electrons. The largest absolute Gasteiger partial charge is 0.373 e. The van der Waals surface area contributed by atoms with Gasteiger partial charge in [0, 0.05) is 18.8 Å². The molecule has 0 aromatic carbocycles. The van der Waals surface area contributed by atoms with Crippen LogP contribution in [-0.4, -0.2) is 12.0 Å². The maximum Gasteiger partial charge on any atom is 0.134 e. The van der Waals surface area contributed by atoms with Crippen LogP contribution in [0.2, 0.25) is 5.02 Å². The Balaban J connectivity index is 3.24. The quantitative estimate of drug-likeness (QED) is 0.734. The smallest absolute Gasteiger partial charge is 0.134 e. The van der Waals surface area contributed by atoms with Crippen LogP contribution in [0.5, 0.6) is 0 Å². The van der Waals surface area contributed by atoms with E-state index in [1.807, 2.05) is 0 Å². The van der Waals surface area contributed by atoms with Crippen molar-refractivity contribution in [2.24, 2.45) is 0 Å². The fourth-order valence-corrected chi connectivity index (χ4v) is 1.07. The first-order chi connectivity index (χ1) is 5.29. The third-order valence-electron chi connectivity index (χ3n) is 1.38. The molecule has 1 aromatic rings. The van der Waals surface area contributed by atoms with Crippen molar-refractivity contribution in [3.63, 3.8) is 0 Å². The number of rotatable bonds is 2. The highest BCUT2D eigenvalue weighted by atomic mass is 35.5. The maximum atomic E-state index is 5.86. The van der Waals surface area contributed by atoms with Crippen molar-refractivity contribution < 1.29 is 0 Å². The fraction of sp³-hybridized carbons (Fsp3) is 0.125. The number of nitrogens with zero attached hydrogens (tertiary/aromatic N) is 1. The van der Waals surface area contributed by atoms with Crippen LogP contribution in [0.25, 0.3) is 6.08 Å². The predicted molar refractivity (Wildman–Crippen MR) is 48.9 cm³/mol. The molecule has 2 nitrogen and oxygen atoms in total. The van der Waals surface area contributed by atoms with Gasteiger partial charge in [-0.2, -0.15) is 0 Å². The summed E-state index contributed by atoms with van der Waals surface area (Å²) in [6.07, 6.45) is 3.34. The van der Waals surface area contributed by atoms with E-state index >= 15 is 0 Å². The van der Waals surface area contributed by atoms with E-state index in [4.69, 9.17) is 11.6 Å². The van der Waals surface area contributed by atoms with Crippen LogP contribution >= 0.6 is 11.6 Å². The third-order valence-corrected chi connectivity index (χ3v) is 1.71. The molecule has 0 fully saturated rings.